The van der Waals surface area contributed by atoms with Crippen LogP contribution in [-0.4, -0.2) is 6.61 Å². The maximum Gasteiger partial charge on any atom is 0.127 e. The molecule has 1 rings (SSSR count). The van der Waals surface area contributed by atoms with Gasteiger partial charge < -0.3 is 4.74 Å². The number of aryl methyl sites for hydroxylation is 1. The normalized spacial score (nSPS) is 10.3. The van der Waals surface area contributed by atoms with E-state index in [2.05, 4.69) is 19.9 Å². The van der Waals surface area contributed by atoms with Gasteiger partial charge in [-0.05, 0) is 25.0 Å². The molecule has 12 heavy (non-hydrogen) atoms. The lowest BCUT2D eigenvalue weighted by atomic mass is 10.2. The Bertz CT molecular complexity index is 223. The molecular weight excluding hydrogens is 148 g/mol. The molecule has 0 heterocycles. The first-order chi connectivity index (χ1) is 5.68. The predicted octanol–water partition coefficient (Wildman–Crippen LogP) is 2.83. The van der Waals surface area contributed by atoms with Gasteiger partial charge in [0.2, 0.25) is 0 Å². The van der Waals surface area contributed by atoms with Gasteiger partial charge in [0.15, 0.2) is 0 Å². The topological polar surface area (TPSA) is 9.23 Å². The molecule has 1 heteroatoms. The first-order valence-corrected chi connectivity index (χ1v) is 4.29. The summed E-state index contributed by atoms with van der Waals surface area (Å²) in [6.07, 6.45) is 0. The van der Waals surface area contributed by atoms with E-state index in [0.717, 1.165) is 12.4 Å². The number of benzene rings is 1. The lowest BCUT2D eigenvalue weighted by Gasteiger charge is -2.07. The molecule has 0 aliphatic rings. The van der Waals surface area contributed by atoms with Gasteiger partial charge in [-0.1, -0.05) is 25.5 Å². The summed E-state index contributed by atoms with van der Waals surface area (Å²) in [5.41, 5.74) is 1.21. The smallest absolute Gasteiger partial charge is 0.127 e. The van der Waals surface area contributed by atoms with E-state index >= 15 is 0 Å². The molecule has 0 bridgehead atoms. The van der Waals surface area contributed by atoms with Crippen LogP contribution in [0.4, 0.5) is 0 Å². The highest BCUT2D eigenvalue weighted by atomic mass is 16.5. The summed E-state index contributed by atoms with van der Waals surface area (Å²) in [4.78, 5) is 0. The Morgan fingerprint density at radius 1 is 1.42 bits per heavy atom. The van der Waals surface area contributed by atoms with Gasteiger partial charge >= 0.3 is 0 Å². The van der Waals surface area contributed by atoms with Gasteiger partial charge in [0.05, 0.1) is 6.61 Å². The van der Waals surface area contributed by atoms with Gasteiger partial charge in [-0.15, -0.1) is 0 Å². The van der Waals surface area contributed by atoms with Gasteiger partial charge in [0.25, 0.3) is 0 Å². The van der Waals surface area contributed by atoms with Crippen LogP contribution in [0.25, 0.3) is 0 Å². The van der Waals surface area contributed by atoms with Gasteiger partial charge in [-0.3, -0.25) is 0 Å². The van der Waals surface area contributed by atoms with Crippen LogP contribution in [0.5, 0.6) is 5.75 Å². The predicted molar refractivity (Wildman–Crippen MR) is 50.3 cm³/mol. The third kappa shape index (κ3) is 2.95. The Morgan fingerprint density at radius 3 is 2.67 bits per heavy atom. The van der Waals surface area contributed by atoms with Crippen molar-refractivity contribution in [3.63, 3.8) is 0 Å². The van der Waals surface area contributed by atoms with Gasteiger partial charge in [0, 0.05) is 6.07 Å². The Labute approximate surface area is 74.4 Å². The van der Waals surface area contributed by atoms with Crippen molar-refractivity contribution in [2.24, 2.45) is 5.92 Å². The SMILES string of the molecule is Cc1c[c]c(OCC(C)C)cc1. The van der Waals surface area contributed by atoms with Crippen LogP contribution in [0.15, 0.2) is 18.2 Å². The first kappa shape index (κ1) is 9.11. The molecule has 0 amide bonds. The Morgan fingerprint density at radius 2 is 2.17 bits per heavy atom. The lowest BCUT2D eigenvalue weighted by molar-refractivity contribution is 0.270. The molecule has 65 valence electrons. The van der Waals surface area contributed by atoms with Crippen LogP contribution in [0.3, 0.4) is 0 Å². The highest BCUT2D eigenvalue weighted by molar-refractivity contribution is 5.24. The van der Waals surface area contributed by atoms with Crippen LogP contribution >= 0.6 is 0 Å². The van der Waals surface area contributed by atoms with Crippen LogP contribution < -0.4 is 4.74 Å². The molecule has 1 aromatic rings. The summed E-state index contributed by atoms with van der Waals surface area (Å²) in [5, 5.41) is 0. The van der Waals surface area contributed by atoms with Crippen molar-refractivity contribution >= 4 is 0 Å². The van der Waals surface area contributed by atoms with Gasteiger partial charge in [-0.2, -0.15) is 0 Å². The molecule has 0 N–H and O–H groups in total. The molecule has 0 saturated carbocycles. The zero-order chi connectivity index (χ0) is 8.97. The van der Waals surface area contributed by atoms with Crippen molar-refractivity contribution in [1.29, 1.82) is 0 Å². The average molecular weight is 163 g/mol. The lowest BCUT2D eigenvalue weighted by Crippen LogP contribution is -2.04. The highest BCUT2D eigenvalue weighted by Gasteiger charge is 1.95. The minimum absolute atomic E-state index is 0.569. The van der Waals surface area contributed by atoms with E-state index in [1.807, 2.05) is 25.1 Å². The summed E-state index contributed by atoms with van der Waals surface area (Å²) in [7, 11) is 0. The van der Waals surface area contributed by atoms with Gasteiger partial charge in [0.1, 0.15) is 5.75 Å². The van der Waals surface area contributed by atoms with E-state index in [0.29, 0.717) is 5.92 Å². The van der Waals surface area contributed by atoms with Crippen molar-refractivity contribution in [3.05, 3.63) is 29.8 Å². The quantitative estimate of drug-likeness (QED) is 0.665. The summed E-state index contributed by atoms with van der Waals surface area (Å²) in [6.45, 7) is 7.07. The molecule has 0 spiro atoms. The number of ether oxygens (including phenoxy) is 1. The molecule has 0 aliphatic carbocycles. The average Bonchev–Trinajstić information content (AvgIpc) is 2.03. The van der Waals surface area contributed by atoms with Crippen LogP contribution in [0, 0.1) is 18.9 Å². The minimum atomic E-state index is 0.569. The molecular formula is C11H15O. The maximum absolute atomic E-state index is 5.47. The molecule has 0 atom stereocenters. The first-order valence-electron chi connectivity index (χ1n) is 4.29. The van der Waals surface area contributed by atoms with Crippen LogP contribution in [-0.2, 0) is 0 Å². The fourth-order valence-electron chi connectivity index (χ4n) is 0.835. The Kier molecular flexibility index (Phi) is 3.15. The largest absolute Gasteiger partial charge is 0.493 e. The third-order valence-electron chi connectivity index (χ3n) is 1.51. The Balaban J connectivity index is 2.48. The molecule has 0 aromatic heterocycles. The summed E-state index contributed by atoms with van der Waals surface area (Å²) in [5.74, 6) is 1.41. The zero-order valence-electron chi connectivity index (χ0n) is 7.92. The van der Waals surface area contributed by atoms with Crippen molar-refractivity contribution < 1.29 is 4.74 Å². The van der Waals surface area contributed by atoms with E-state index in [4.69, 9.17) is 4.74 Å². The van der Waals surface area contributed by atoms with Crippen molar-refractivity contribution in [2.75, 3.05) is 6.61 Å². The Hall–Kier alpha value is -0.980. The van der Waals surface area contributed by atoms with Crippen molar-refractivity contribution in [3.8, 4) is 5.75 Å². The van der Waals surface area contributed by atoms with Crippen molar-refractivity contribution in [1.82, 2.24) is 0 Å². The summed E-state index contributed by atoms with van der Waals surface area (Å²) >= 11 is 0. The number of hydrogen-bond donors (Lipinski definition) is 0. The second-order valence-corrected chi connectivity index (χ2v) is 3.44. The van der Waals surface area contributed by atoms with Crippen LogP contribution in [0.2, 0.25) is 0 Å². The van der Waals surface area contributed by atoms with E-state index in [1.54, 1.807) is 0 Å². The molecule has 0 fully saturated rings. The fourth-order valence-corrected chi connectivity index (χ4v) is 0.835. The maximum atomic E-state index is 5.47. The van der Waals surface area contributed by atoms with E-state index in [1.165, 1.54) is 5.56 Å². The van der Waals surface area contributed by atoms with Gasteiger partial charge in [-0.25, -0.2) is 0 Å². The minimum Gasteiger partial charge on any atom is -0.493 e. The standard InChI is InChI=1S/C11H15O/c1-9(2)8-12-11-6-4-10(3)5-7-11/h4-6,9H,8H2,1-3H3. The third-order valence-corrected chi connectivity index (χ3v) is 1.51. The second-order valence-electron chi connectivity index (χ2n) is 3.44. The molecule has 1 nitrogen and oxygen atoms in total. The molecule has 1 aromatic carbocycles. The number of hydrogen-bond acceptors (Lipinski definition) is 1. The highest BCUT2D eigenvalue weighted by Crippen LogP contribution is 2.11. The zero-order valence-corrected chi connectivity index (χ0v) is 7.92. The van der Waals surface area contributed by atoms with E-state index < -0.39 is 0 Å². The van der Waals surface area contributed by atoms with E-state index in [9.17, 15) is 0 Å². The molecule has 0 saturated heterocycles. The summed E-state index contributed by atoms with van der Waals surface area (Å²) < 4.78 is 5.47. The molecule has 1 radical (unpaired) electrons. The summed E-state index contributed by atoms with van der Waals surface area (Å²) in [6, 6.07) is 9.00. The second kappa shape index (κ2) is 4.15. The monoisotopic (exact) mass is 163 g/mol. The van der Waals surface area contributed by atoms with Crippen molar-refractivity contribution in [2.45, 2.75) is 20.8 Å². The fraction of sp³-hybridized carbons (Fsp3) is 0.455. The van der Waals surface area contributed by atoms with Crippen LogP contribution in [0.1, 0.15) is 19.4 Å². The number of rotatable bonds is 3. The van der Waals surface area contributed by atoms with E-state index in [-0.39, 0.29) is 0 Å². The molecule has 0 unspecified atom stereocenters. The molecule has 0 aliphatic heterocycles.